The fraction of sp³-hybridized carbons (Fsp3) is 0.722. The summed E-state index contributed by atoms with van der Waals surface area (Å²) >= 11 is 0. The maximum Gasteiger partial charge on any atom is 0.282 e. The zero-order valence-electron chi connectivity index (χ0n) is 15.9. The summed E-state index contributed by atoms with van der Waals surface area (Å²) < 4.78 is 30.9. The highest BCUT2D eigenvalue weighted by atomic mass is 32.2. The number of carbonyl (C=O) groups excluding carboxylic acids is 1. The molecule has 0 saturated carbocycles. The number of amides is 1. The maximum atomic E-state index is 12.9. The topological polar surface area (TPSA) is 65.9 Å². The van der Waals surface area contributed by atoms with Crippen LogP contribution in [0.1, 0.15) is 37.1 Å². The van der Waals surface area contributed by atoms with Crippen LogP contribution in [0.5, 0.6) is 0 Å². The predicted molar refractivity (Wildman–Crippen MR) is 101 cm³/mol. The second-order valence-electron chi connectivity index (χ2n) is 7.30. The Morgan fingerprint density at radius 1 is 0.846 bits per heavy atom. The number of rotatable bonds is 4. The lowest BCUT2D eigenvalue weighted by molar-refractivity contribution is -0.133. The van der Waals surface area contributed by atoms with E-state index >= 15 is 0 Å². The van der Waals surface area contributed by atoms with Gasteiger partial charge >= 0.3 is 0 Å². The molecule has 0 radical (unpaired) electrons. The molecule has 0 bridgehead atoms. The fourth-order valence-electron chi connectivity index (χ4n) is 3.79. The molecule has 2 aliphatic rings. The smallest absolute Gasteiger partial charge is 0.282 e. The molecule has 3 heterocycles. The monoisotopic (exact) mass is 382 g/mol. The Labute approximate surface area is 156 Å². The molecule has 1 aromatic rings. The molecule has 1 amide bonds. The lowest BCUT2D eigenvalue weighted by Gasteiger charge is -2.36. The van der Waals surface area contributed by atoms with E-state index in [1.165, 1.54) is 0 Å². The van der Waals surface area contributed by atoms with Gasteiger partial charge in [-0.1, -0.05) is 12.8 Å². The number of hydrogen-bond acceptors (Lipinski definition) is 3. The summed E-state index contributed by atoms with van der Waals surface area (Å²) in [5.74, 6) is 0.0548. The zero-order chi connectivity index (χ0) is 18.7. The summed E-state index contributed by atoms with van der Waals surface area (Å²) in [7, 11) is -3.40. The first-order valence-electron chi connectivity index (χ1n) is 9.55. The first-order chi connectivity index (χ1) is 12.4. The van der Waals surface area contributed by atoms with Crippen molar-refractivity contribution >= 4 is 16.1 Å². The molecular weight excluding hydrogens is 352 g/mol. The third-order valence-corrected chi connectivity index (χ3v) is 7.56. The minimum atomic E-state index is -3.40. The van der Waals surface area contributed by atoms with Crippen molar-refractivity contribution in [2.75, 3.05) is 39.3 Å². The van der Waals surface area contributed by atoms with Crippen LogP contribution in [-0.4, -0.2) is 71.7 Å². The highest BCUT2D eigenvalue weighted by Crippen LogP contribution is 2.18. The lowest BCUT2D eigenvalue weighted by Crippen LogP contribution is -2.54. The quantitative estimate of drug-likeness (QED) is 0.790. The van der Waals surface area contributed by atoms with Gasteiger partial charge in [0.15, 0.2) is 0 Å². The molecule has 3 rings (SSSR count). The van der Waals surface area contributed by atoms with Crippen molar-refractivity contribution in [2.24, 2.45) is 0 Å². The summed E-state index contributed by atoms with van der Waals surface area (Å²) in [6.07, 6.45) is 4.08. The van der Waals surface area contributed by atoms with E-state index in [1.54, 1.807) is 13.5 Å². The van der Waals surface area contributed by atoms with Gasteiger partial charge in [-0.25, -0.2) is 0 Å². The number of aromatic nitrogens is 1. The molecule has 1 aromatic heterocycles. The Hall–Kier alpha value is -1.38. The van der Waals surface area contributed by atoms with Crippen molar-refractivity contribution in [3.8, 4) is 0 Å². The van der Waals surface area contributed by atoms with E-state index < -0.39 is 10.2 Å². The van der Waals surface area contributed by atoms with Crippen LogP contribution in [0, 0.1) is 13.8 Å². The SMILES string of the molecule is Cc1ccc(C)n1CC(=O)N1CCN(S(=O)(=O)N2CCCCCC2)CC1. The van der Waals surface area contributed by atoms with Crippen molar-refractivity contribution in [1.82, 2.24) is 18.1 Å². The third kappa shape index (κ3) is 4.13. The number of nitrogens with zero attached hydrogens (tertiary/aromatic N) is 4. The molecule has 0 aliphatic carbocycles. The summed E-state index contributed by atoms with van der Waals surface area (Å²) in [5, 5.41) is 0. The van der Waals surface area contributed by atoms with Crippen LogP contribution in [0.2, 0.25) is 0 Å². The second kappa shape index (κ2) is 8.10. The fourth-order valence-corrected chi connectivity index (χ4v) is 5.46. The van der Waals surface area contributed by atoms with Crippen LogP contribution in [0.25, 0.3) is 0 Å². The van der Waals surface area contributed by atoms with E-state index in [-0.39, 0.29) is 5.91 Å². The molecule has 26 heavy (non-hydrogen) atoms. The van der Waals surface area contributed by atoms with Gasteiger partial charge < -0.3 is 9.47 Å². The van der Waals surface area contributed by atoms with E-state index in [2.05, 4.69) is 0 Å². The van der Waals surface area contributed by atoms with Crippen LogP contribution < -0.4 is 0 Å². The molecule has 0 atom stereocenters. The average molecular weight is 383 g/mol. The Morgan fingerprint density at radius 3 is 1.88 bits per heavy atom. The Morgan fingerprint density at radius 2 is 1.35 bits per heavy atom. The largest absolute Gasteiger partial charge is 0.340 e. The number of carbonyl (C=O) groups is 1. The minimum absolute atomic E-state index is 0.0548. The van der Waals surface area contributed by atoms with Crippen LogP contribution in [0.4, 0.5) is 0 Å². The molecule has 2 aliphatic heterocycles. The van der Waals surface area contributed by atoms with Crippen LogP contribution >= 0.6 is 0 Å². The molecule has 7 nitrogen and oxygen atoms in total. The normalized spacial score (nSPS) is 20.9. The summed E-state index contributed by atoms with van der Waals surface area (Å²) in [6.45, 7) is 7.24. The highest BCUT2D eigenvalue weighted by Gasteiger charge is 2.33. The summed E-state index contributed by atoms with van der Waals surface area (Å²) in [4.78, 5) is 14.4. The van der Waals surface area contributed by atoms with Gasteiger partial charge in [0.2, 0.25) is 5.91 Å². The van der Waals surface area contributed by atoms with Crippen molar-refractivity contribution in [3.63, 3.8) is 0 Å². The predicted octanol–water partition coefficient (Wildman–Crippen LogP) is 1.37. The molecule has 0 unspecified atom stereocenters. The highest BCUT2D eigenvalue weighted by molar-refractivity contribution is 7.86. The van der Waals surface area contributed by atoms with Crippen LogP contribution in [-0.2, 0) is 21.5 Å². The van der Waals surface area contributed by atoms with Crippen LogP contribution in [0.15, 0.2) is 12.1 Å². The van der Waals surface area contributed by atoms with Crippen molar-refractivity contribution in [2.45, 2.75) is 46.1 Å². The Kier molecular flexibility index (Phi) is 6.04. The average Bonchev–Trinajstić information content (AvgIpc) is 2.86. The molecule has 0 N–H and O–H groups in total. The second-order valence-corrected chi connectivity index (χ2v) is 9.23. The number of hydrogen-bond donors (Lipinski definition) is 0. The first-order valence-corrected chi connectivity index (χ1v) is 10.9. The molecular formula is C18H30N4O3S. The molecule has 146 valence electrons. The van der Waals surface area contributed by atoms with Gasteiger partial charge in [-0.2, -0.15) is 17.0 Å². The van der Waals surface area contributed by atoms with Gasteiger partial charge in [-0.15, -0.1) is 0 Å². The van der Waals surface area contributed by atoms with Gasteiger partial charge in [0.25, 0.3) is 10.2 Å². The van der Waals surface area contributed by atoms with E-state index in [9.17, 15) is 13.2 Å². The summed E-state index contributed by atoms with van der Waals surface area (Å²) in [5.41, 5.74) is 2.14. The number of piperazine rings is 1. The van der Waals surface area contributed by atoms with Gasteiger partial charge in [-0.05, 0) is 38.8 Å². The van der Waals surface area contributed by atoms with Gasteiger partial charge in [0.1, 0.15) is 6.54 Å². The molecule has 2 fully saturated rings. The van der Waals surface area contributed by atoms with E-state index in [0.29, 0.717) is 45.8 Å². The van der Waals surface area contributed by atoms with Gasteiger partial charge in [0, 0.05) is 50.7 Å². The van der Waals surface area contributed by atoms with Crippen molar-refractivity contribution < 1.29 is 13.2 Å². The Balaban J connectivity index is 1.57. The number of aryl methyl sites for hydroxylation is 2. The first kappa shape index (κ1) is 19.4. The zero-order valence-corrected chi connectivity index (χ0v) is 16.7. The molecule has 0 spiro atoms. The molecule has 8 heteroatoms. The minimum Gasteiger partial charge on any atom is -0.340 e. The molecule has 2 saturated heterocycles. The maximum absolute atomic E-state index is 12.9. The summed E-state index contributed by atoms with van der Waals surface area (Å²) in [6, 6.07) is 4.02. The van der Waals surface area contributed by atoms with Gasteiger partial charge in [-0.3, -0.25) is 4.79 Å². The lowest BCUT2D eigenvalue weighted by atomic mass is 10.2. The van der Waals surface area contributed by atoms with Crippen LogP contribution in [0.3, 0.4) is 0 Å². The Bertz CT molecular complexity index is 708. The van der Waals surface area contributed by atoms with E-state index in [0.717, 1.165) is 37.1 Å². The van der Waals surface area contributed by atoms with E-state index in [1.807, 2.05) is 30.5 Å². The standard InChI is InChI=1S/C18H30N4O3S/c1-16-7-8-17(2)22(16)15-18(23)19-11-13-21(14-12-19)26(24,25)20-9-5-3-4-6-10-20/h7-8H,3-6,9-15H2,1-2H3. The van der Waals surface area contributed by atoms with Crippen molar-refractivity contribution in [3.05, 3.63) is 23.5 Å². The molecule has 0 aromatic carbocycles. The van der Waals surface area contributed by atoms with Crippen molar-refractivity contribution in [1.29, 1.82) is 0 Å². The van der Waals surface area contributed by atoms with Gasteiger partial charge in [0.05, 0.1) is 0 Å². The van der Waals surface area contributed by atoms with E-state index in [4.69, 9.17) is 0 Å². The third-order valence-electron chi connectivity index (χ3n) is 5.52.